The SMILES string of the molecule is C[C@@H]([C@@H]1C[C@H](Cc2ccccc2)C(=O)O1)N(Cc1ccccc1)Cc1ccccc1. The van der Waals surface area contributed by atoms with E-state index in [2.05, 4.69) is 72.5 Å². The first-order valence-electron chi connectivity index (χ1n) is 10.8. The molecule has 30 heavy (non-hydrogen) atoms. The third-order valence-corrected chi connectivity index (χ3v) is 6.01. The lowest BCUT2D eigenvalue weighted by Gasteiger charge is -2.32. The molecule has 0 unspecified atom stereocenters. The second-order valence-corrected chi connectivity index (χ2v) is 8.21. The van der Waals surface area contributed by atoms with E-state index in [0.717, 1.165) is 25.9 Å². The van der Waals surface area contributed by atoms with Crippen LogP contribution in [0.4, 0.5) is 0 Å². The van der Waals surface area contributed by atoms with Gasteiger partial charge < -0.3 is 4.74 Å². The molecule has 0 amide bonds. The predicted octanol–water partition coefficient (Wildman–Crippen LogP) is 5.25. The Hall–Kier alpha value is -2.91. The Morgan fingerprint density at radius 2 is 1.27 bits per heavy atom. The summed E-state index contributed by atoms with van der Waals surface area (Å²) in [5, 5.41) is 0. The van der Waals surface area contributed by atoms with Crippen molar-refractivity contribution in [1.29, 1.82) is 0 Å². The molecule has 1 fully saturated rings. The van der Waals surface area contributed by atoms with Crippen LogP contribution in [0.1, 0.15) is 30.0 Å². The Morgan fingerprint density at radius 3 is 1.77 bits per heavy atom. The van der Waals surface area contributed by atoms with Gasteiger partial charge in [0.25, 0.3) is 0 Å². The van der Waals surface area contributed by atoms with E-state index in [0.29, 0.717) is 0 Å². The highest BCUT2D eigenvalue weighted by molar-refractivity contribution is 5.75. The summed E-state index contributed by atoms with van der Waals surface area (Å²) in [6, 6.07) is 31.4. The molecule has 0 N–H and O–H groups in total. The van der Waals surface area contributed by atoms with Crippen molar-refractivity contribution in [2.75, 3.05) is 0 Å². The van der Waals surface area contributed by atoms with Crippen molar-refractivity contribution >= 4 is 5.97 Å². The van der Waals surface area contributed by atoms with Crippen molar-refractivity contribution < 1.29 is 9.53 Å². The number of hydrogen-bond acceptors (Lipinski definition) is 3. The number of benzene rings is 3. The van der Waals surface area contributed by atoms with Gasteiger partial charge in [0, 0.05) is 19.1 Å². The van der Waals surface area contributed by atoms with Crippen LogP contribution in [-0.4, -0.2) is 23.0 Å². The molecule has 0 radical (unpaired) electrons. The summed E-state index contributed by atoms with van der Waals surface area (Å²) in [4.78, 5) is 15.0. The first-order chi connectivity index (χ1) is 14.7. The molecule has 0 aliphatic carbocycles. The fourth-order valence-electron chi connectivity index (χ4n) is 4.25. The lowest BCUT2D eigenvalue weighted by molar-refractivity contribution is -0.146. The zero-order chi connectivity index (χ0) is 20.8. The average molecular weight is 400 g/mol. The van der Waals surface area contributed by atoms with E-state index in [4.69, 9.17) is 4.74 Å². The number of carbonyl (C=O) groups excluding carboxylic acids is 1. The second-order valence-electron chi connectivity index (χ2n) is 8.21. The normalized spacial score (nSPS) is 19.6. The molecule has 1 aliphatic heterocycles. The third-order valence-electron chi connectivity index (χ3n) is 6.01. The van der Waals surface area contributed by atoms with Crippen LogP contribution >= 0.6 is 0 Å². The summed E-state index contributed by atoms with van der Waals surface area (Å²) < 4.78 is 5.88. The Labute approximate surface area is 179 Å². The Morgan fingerprint density at radius 1 is 0.800 bits per heavy atom. The van der Waals surface area contributed by atoms with E-state index in [1.807, 2.05) is 30.3 Å². The summed E-state index contributed by atoms with van der Waals surface area (Å²) >= 11 is 0. The lowest BCUT2D eigenvalue weighted by atomic mass is 9.94. The number of hydrogen-bond donors (Lipinski definition) is 0. The highest BCUT2D eigenvalue weighted by atomic mass is 16.6. The third kappa shape index (κ3) is 5.17. The van der Waals surface area contributed by atoms with Gasteiger partial charge in [0.1, 0.15) is 6.10 Å². The first-order valence-corrected chi connectivity index (χ1v) is 10.8. The lowest BCUT2D eigenvalue weighted by Crippen LogP contribution is -2.40. The molecule has 1 aliphatic rings. The van der Waals surface area contributed by atoms with Gasteiger partial charge in [-0.15, -0.1) is 0 Å². The van der Waals surface area contributed by atoms with Crippen LogP contribution in [0.15, 0.2) is 91.0 Å². The highest BCUT2D eigenvalue weighted by Gasteiger charge is 2.39. The predicted molar refractivity (Wildman–Crippen MR) is 120 cm³/mol. The first kappa shape index (κ1) is 20.4. The minimum absolute atomic E-state index is 0.0600. The van der Waals surface area contributed by atoms with Crippen LogP contribution in [0, 0.1) is 5.92 Å². The Kier molecular flexibility index (Phi) is 6.60. The monoisotopic (exact) mass is 399 g/mol. The Bertz CT molecular complexity index is 885. The molecular weight excluding hydrogens is 370 g/mol. The standard InChI is InChI=1S/C27H29NO2/c1-21(26-18-25(27(29)30-26)17-22-11-5-2-6-12-22)28(19-23-13-7-3-8-14-23)20-24-15-9-4-10-16-24/h2-16,21,25-26H,17-20H2,1H3/t21-,25-,26-/m0/s1. The molecule has 3 aromatic carbocycles. The molecule has 3 nitrogen and oxygen atoms in total. The van der Waals surface area contributed by atoms with Gasteiger partial charge in [-0.3, -0.25) is 9.69 Å². The van der Waals surface area contributed by atoms with Gasteiger partial charge in [-0.2, -0.15) is 0 Å². The highest BCUT2D eigenvalue weighted by Crippen LogP contribution is 2.30. The molecule has 0 aromatic heterocycles. The molecule has 3 atom stereocenters. The molecule has 1 heterocycles. The average Bonchev–Trinajstić information content (AvgIpc) is 3.15. The van der Waals surface area contributed by atoms with E-state index in [1.165, 1.54) is 16.7 Å². The number of ether oxygens (including phenoxy) is 1. The molecule has 3 aromatic rings. The summed E-state index contributed by atoms with van der Waals surface area (Å²) in [6.07, 6.45) is 1.44. The molecule has 0 bridgehead atoms. The molecule has 4 rings (SSSR count). The molecule has 0 saturated carbocycles. The summed E-state index contributed by atoms with van der Waals surface area (Å²) in [5.41, 5.74) is 3.73. The summed E-state index contributed by atoms with van der Waals surface area (Å²) in [7, 11) is 0. The van der Waals surface area contributed by atoms with E-state index < -0.39 is 0 Å². The smallest absolute Gasteiger partial charge is 0.309 e. The topological polar surface area (TPSA) is 29.5 Å². The number of carbonyl (C=O) groups is 1. The number of nitrogens with zero attached hydrogens (tertiary/aromatic N) is 1. The van der Waals surface area contributed by atoms with Gasteiger partial charge in [0.05, 0.1) is 5.92 Å². The molecule has 3 heteroatoms. The summed E-state index contributed by atoms with van der Waals surface area (Å²) in [5.74, 6) is -0.120. The fourth-order valence-corrected chi connectivity index (χ4v) is 4.25. The van der Waals surface area contributed by atoms with E-state index >= 15 is 0 Å². The number of rotatable bonds is 8. The number of esters is 1. The van der Waals surface area contributed by atoms with Crippen LogP contribution in [0.5, 0.6) is 0 Å². The van der Waals surface area contributed by atoms with Gasteiger partial charge in [-0.25, -0.2) is 0 Å². The quantitative estimate of drug-likeness (QED) is 0.485. The van der Waals surface area contributed by atoms with Crippen LogP contribution in [0.25, 0.3) is 0 Å². The minimum Gasteiger partial charge on any atom is -0.460 e. The Balaban J connectivity index is 1.47. The summed E-state index contributed by atoms with van der Waals surface area (Å²) in [6.45, 7) is 3.84. The maximum Gasteiger partial charge on any atom is 0.309 e. The van der Waals surface area contributed by atoms with Crippen molar-refractivity contribution in [3.63, 3.8) is 0 Å². The van der Waals surface area contributed by atoms with E-state index in [9.17, 15) is 4.79 Å². The molecule has 0 spiro atoms. The van der Waals surface area contributed by atoms with E-state index in [-0.39, 0.29) is 24.0 Å². The van der Waals surface area contributed by atoms with Crippen LogP contribution in [0.3, 0.4) is 0 Å². The van der Waals surface area contributed by atoms with Gasteiger partial charge in [-0.05, 0) is 36.5 Å². The van der Waals surface area contributed by atoms with Crippen molar-refractivity contribution in [2.45, 2.75) is 45.0 Å². The van der Waals surface area contributed by atoms with Gasteiger partial charge in [-0.1, -0.05) is 91.0 Å². The zero-order valence-electron chi connectivity index (χ0n) is 17.5. The molecule has 1 saturated heterocycles. The van der Waals surface area contributed by atoms with E-state index in [1.54, 1.807) is 0 Å². The van der Waals surface area contributed by atoms with Crippen LogP contribution in [-0.2, 0) is 29.0 Å². The van der Waals surface area contributed by atoms with Crippen molar-refractivity contribution in [1.82, 2.24) is 4.90 Å². The molecule has 154 valence electrons. The zero-order valence-corrected chi connectivity index (χ0v) is 17.5. The number of cyclic esters (lactones) is 1. The van der Waals surface area contributed by atoms with Crippen molar-refractivity contribution in [2.24, 2.45) is 5.92 Å². The van der Waals surface area contributed by atoms with Crippen LogP contribution < -0.4 is 0 Å². The van der Waals surface area contributed by atoms with Crippen LogP contribution in [0.2, 0.25) is 0 Å². The minimum atomic E-state index is -0.0846. The maximum atomic E-state index is 12.6. The van der Waals surface area contributed by atoms with Crippen molar-refractivity contribution in [3.8, 4) is 0 Å². The largest absolute Gasteiger partial charge is 0.460 e. The maximum absolute atomic E-state index is 12.6. The van der Waals surface area contributed by atoms with Crippen molar-refractivity contribution in [3.05, 3.63) is 108 Å². The fraction of sp³-hybridized carbons (Fsp3) is 0.296. The van der Waals surface area contributed by atoms with Gasteiger partial charge in [0.15, 0.2) is 0 Å². The molecular formula is C27H29NO2. The van der Waals surface area contributed by atoms with Gasteiger partial charge in [0.2, 0.25) is 0 Å². The van der Waals surface area contributed by atoms with Gasteiger partial charge >= 0.3 is 5.97 Å². The second kappa shape index (κ2) is 9.73.